The van der Waals surface area contributed by atoms with Gasteiger partial charge in [-0.15, -0.1) is 0 Å². The maximum absolute atomic E-state index is 12.8. The number of rotatable bonds is 5. The van der Waals surface area contributed by atoms with Crippen LogP contribution in [0.15, 0.2) is 59.5 Å². The Kier molecular flexibility index (Phi) is 4.47. The van der Waals surface area contributed by atoms with Crippen molar-refractivity contribution in [3.63, 3.8) is 0 Å². The molecule has 1 atom stereocenters. The van der Waals surface area contributed by atoms with Crippen LogP contribution in [-0.2, 0) is 0 Å². The second kappa shape index (κ2) is 7.44. The lowest BCUT2D eigenvalue weighted by atomic mass is 10.1. The molecule has 4 aromatic heterocycles. The molecule has 0 aliphatic carbocycles. The van der Waals surface area contributed by atoms with Crippen molar-refractivity contribution in [2.45, 2.75) is 12.6 Å². The van der Waals surface area contributed by atoms with Crippen molar-refractivity contribution in [3.05, 3.63) is 60.9 Å². The summed E-state index contributed by atoms with van der Waals surface area (Å²) >= 11 is 0. The van der Waals surface area contributed by atoms with Gasteiger partial charge in [-0.2, -0.15) is 10.2 Å². The molecule has 1 unspecified atom stereocenters. The Morgan fingerprint density at radius 2 is 2.16 bits per heavy atom. The largest absolute Gasteiger partial charge is 0.465 e. The second-order valence-electron chi connectivity index (χ2n) is 6.94. The van der Waals surface area contributed by atoms with E-state index in [9.17, 15) is 14.7 Å². The Balaban J connectivity index is 1.45. The zero-order chi connectivity index (χ0) is 21.4. The highest BCUT2D eigenvalue weighted by Gasteiger charge is 2.35. The number of hydrogen-bond donors (Lipinski definition) is 3. The summed E-state index contributed by atoms with van der Waals surface area (Å²) in [6.45, 7) is 0.434. The van der Waals surface area contributed by atoms with E-state index in [2.05, 4.69) is 25.6 Å². The van der Waals surface area contributed by atoms with Crippen molar-refractivity contribution in [3.8, 4) is 22.7 Å². The van der Waals surface area contributed by atoms with Gasteiger partial charge in [0.05, 0.1) is 29.3 Å². The van der Waals surface area contributed by atoms with Gasteiger partial charge in [0.15, 0.2) is 5.76 Å². The smallest absolute Gasteiger partial charge is 0.409 e. The van der Waals surface area contributed by atoms with Crippen molar-refractivity contribution in [2.75, 3.05) is 11.9 Å². The average molecular weight is 419 g/mol. The van der Waals surface area contributed by atoms with E-state index in [0.29, 0.717) is 35.8 Å². The number of furan rings is 1. The maximum atomic E-state index is 12.8. The molecular formula is C20H17N7O4. The molecule has 4 aromatic rings. The molecule has 1 aliphatic heterocycles. The highest BCUT2D eigenvalue weighted by molar-refractivity contribution is 6.04. The summed E-state index contributed by atoms with van der Waals surface area (Å²) in [7, 11) is 0. The van der Waals surface area contributed by atoms with Gasteiger partial charge in [-0.25, -0.2) is 9.48 Å². The fourth-order valence-corrected chi connectivity index (χ4v) is 3.38. The molecule has 5 heterocycles. The Hall–Kier alpha value is -4.41. The number of likely N-dealkylation sites (tertiary alicyclic amines) is 1. The van der Waals surface area contributed by atoms with E-state index in [1.165, 1.54) is 9.58 Å². The van der Waals surface area contributed by atoms with Crippen LogP contribution in [0.5, 0.6) is 0 Å². The Bertz CT molecular complexity index is 1230. The van der Waals surface area contributed by atoms with Gasteiger partial charge in [0, 0.05) is 25.4 Å². The molecule has 5 rings (SSSR count). The number of nitrogens with one attached hydrogen (secondary N) is 2. The van der Waals surface area contributed by atoms with E-state index < -0.39 is 18.2 Å². The fraction of sp³-hybridized carbons (Fsp3) is 0.150. The number of carboxylic acid groups (broad SMARTS) is 1. The third kappa shape index (κ3) is 3.41. The predicted octanol–water partition coefficient (Wildman–Crippen LogP) is 3.06. The van der Waals surface area contributed by atoms with Crippen LogP contribution < -0.4 is 5.32 Å². The van der Waals surface area contributed by atoms with Gasteiger partial charge in [-0.05, 0) is 24.3 Å². The summed E-state index contributed by atoms with van der Waals surface area (Å²) < 4.78 is 7.18. The quantitative estimate of drug-likeness (QED) is 0.451. The second-order valence-corrected chi connectivity index (χ2v) is 6.94. The number of aromatic nitrogens is 5. The molecule has 1 fully saturated rings. The van der Waals surface area contributed by atoms with Crippen LogP contribution in [0.25, 0.3) is 22.7 Å². The van der Waals surface area contributed by atoms with Crippen molar-refractivity contribution in [1.29, 1.82) is 0 Å². The van der Waals surface area contributed by atoms with Crippen LogP contribution in [0, 0.1) is 0 Å². The first-order chi connectivity index (χ1) is 15.1. The third-order valence-electron chi connectivity index (χ3n) is 5.04. The SMILES string of the molecule is O=C(Nc1cn(C2CCN2C(=O)O)nc1-c1ccccn1)c1ccc(-c2cn[nH]c2)o1. The van der Waals surface area contributed by atoms with Crippen molar-refractivity contribution < 1.29 is 19.1 Å². The van der Waals surface area contributed by atoms with Crippen molar-refractivity contribution in [1.82, 2.24) is 29.9 Å². The van der Waals surface area contributed by atoms with Crippen molar-refractivity contribution in [2.24, 2.45) is 0 Å². The number of amides is 2. The topological polar surface area (TPSA) is 142 Å². The van der Waals surface area contributed by atoms with Crippen LogP contribution in [-0.4, -0.2) is 53.5 Å². The summed E-state index contributed by atoms with van der Waals surface area (Å²) in [6.07, 6.45) is 5.68. The number of nitrogens with zero attached hydrogens (tertiary/aromatic N) is 5. The lowest BCUT2D eigenvalue weighted by Crippen LogP contribution is -2.47. The van der Waals surface area contributed by atoms with E-state index >= 15 is 0 Å². The van der Waals surface area contributed by atoms with Gasteiger partial charge < -0.3 is 14.8 Å². The van der Waals surface area contributed by atoms with Gasteiger partial charge in [-0.3, -0.25) is 19.8 Å². The normalized spacial score (nSPS) is 15.5. The third-order valence-corrected chi connectivity index (χ3v) is 5.04. The average Bonchev–Trinajstić information content (AvgIpc) is 3.48. The first-order valence-electron chi connectivity index (χ1n) is 9.50. The van der Waals surface area contributed by atoms with E-state index in [0.717, 1.165) is 5.56 Å². The van der Waals surface area contributed by atoms with Gasteiger partial charge in [0.1, 0.15) is 17.6 Å². The highest BCUT2D eigenvalue weighted by Crippen LogP contribution is 2.33. The standard InChI is InChI=1S/C20H17N7O4/c28-19(16-5-4-15(31-16)12-9-22-23-10-12)24-14-11-27(17-6-8-26(17)20(29)30)25-18(14)13-3-1-2-7-21-13/h1-5,7,9-11,17H,6,8H2,(H,22,23)(H,24,28)(H,29,30). The van der Waals surface area contributed by atoms with Crippen LogP contribution in [0.2, 0.25) is 0 Å². The Labute approximate surface area is 175 Å². The first-order valence-corrected chi connectivity index (χ1v) is 9.50. The van der Waals surface area contributed by atoms with Gasteiger partial charge in [0.25, 0.3) is 5.91 Å². The number of H-pyrrole nitrogens is 1. The summed E-state index contributed by atoms with van der Waals surface area (Å²) in [5.41, 5.74) is 2.12. The zero-order valence-electron chi connectivity index (χ0n) is 16.1. The number of carbonyl (C=O) groups excluding carboxylic acids is 1. The molecule has 11 nitrogen and oxygen atoms in total. The number of anilines is 1. The molecule has 2 amide bonds. The minimum absolute atomic E-state index is 0.117. The molecule has 0 saturated carbocycles. The Morgan fingerprint density at radius 1 is 1.26 bits per heavy atom. The summed E-state index contributed by atoms with van der Waals surface area (Å²) in [5.74, 6) is 0.160. The number of aromatic amines is 1. The maximum Gasteiger partial charge on any atom is 0.409 e. The Morgan fingerprint density at radius 3 is 2.84 bits per heavy atom. The van der Waals surface area contributed by atoms with E-state index in [4.69, 9.17) is 4.42 Å². The highest BCUT2D eigenvalue weighted by atomic mass is 16.4. The minimum atomic E-state index is -1.01. The molecule has 0 spiro atoms. The van der Waals surface area contributed by atoms with Crippen molar-refractivity contribution >= 4 is 17.7 Å². The molecule has 11 heteroatoms. The zero-order valence-corrected chi connectivity index (χ0v) is 16.1. The molecule has 0 aromatic carbocycles. The molecule has 3 N–H and O–H groups in total. The lowest BCUT2D eigenvalue weighted by Gasteiger charge is -2.38. The molecule has 1 aliphatic rings. The number of carbonyl (C=O) groups is 2. The van der Waals surface area contributed by atoms with E-state index in [1.54, 1.807) is 49.1 Å². The molecule has 156 valence electrons. The molecule has 1 saturated heterocycles. The van der Waals surface area contributed by atoms with Crippen LogP contribution in [0.1, 0.15) is 23.1 Å². The predicted molar refractivity (Wildman–Crippen MR) is 108 cm³/mol. The van der Waals surface area contributed by atoms with Crippen LogP contribution >= 0.6 is 0 Å². The summed E-state index contributed by atoms with van der Waals surface area (Å²) in [4.78, 5) is 29.8. The van der Waals surface area contributed by atoms with Gasteiger partial charge >= 0.3 is 6.09 Å². The summed E-state index contributed by atoms with van der Waals surface area (Å²) in [5, 5.41) is 23.2. The van der Waals surface area contributed by atoms with E-state index in [-0.39, 0.29) is 5.76 Å². The fourth-order valence-electron chi connectivity index (χ4n) is 3.38. The molecule has 31 heavy (non-hydrogen) atoms. The summed E-state index contributed by atoms with van der Waals surface area (Å²) in [6, 6.07) is 8.60. The van der Waals surface area contributed by atoms with Gasteiger partial charge in [0.2, 0.25) is 0 Å². The van der Waals surface area contributed by atoms with Crippen LogP contribution in [0.4, 0.5) is 10.5 Å². The number of hydrogen-bond acceptors (Lipinski definition) is 6. The van der Waals surface area contributed by atoms with Gasteiger partial charge in [-0.1, -0.05) is 6.07 Å². The lowest BCUT2D eigenvalue weighted by molar-refractivity contribution is 0.0329. The first kappa shape index (κ1) is 18.6. The molecule has 0 bridgehead atoms. The van der Waals surface area contributed by atoms with Crippen LogP contribution in [0.3, 0.4) is 0 Å². The monoisotopic (exact) mass is 419 g/mol. The molecule has 0 radical (unpaired) electrons. The van der Waals surface area contributed by atoms with E-state index in [1.807, 2.05) is 6.07 Å². The minimum Gasteiger partial charge on any atom is -0.465 e. The number of pyridine rings is 1. The molecular weight excluding hydrogens is 402 g/mol.